The number of nitro benzene ring substituents is 1. The summed E-state index contributed by atoms with van der Waals surface area (Å²) in [5.41, 5.74) is -0.117. The third-order valence-electron chi connectivity index (χ3n) is 2.26. The number of nitrogens with one attached hydrogen (secondary N) is 1. The molecule has 0 heterocycles. The maximum Gasteiger partial charge on any atom is 0.310 e. The Labute approximate surface area is 107 Å². The number of benzene rings is 1. The fourth-order valence-electron chi connectivity index (χ4n) is 1.38. The molecule has 0 saturated carbocycles. The van der Waals surface area contributed by atoms with Crippen LogP contribution in [-0.2, 0) is 16.0 Å². The number of phenolic OH excluding ortho intramolecular Hbond substituents is 1. The Morgan fingerprint density at radius 1 is 1.37 bits per heavy atom. The zero-order valence-corrected chi connectivity index (χ0v) is 9.83. The number of carboxylic acids is 1. The summed E-state index contributed by atoms with van der Waals surface area (Å²) in [4.78, 5) is 31.5. The van der Waals surface area contributed by atoms with Crippen LogP contribution in [-0.4, -0.2) is 33.6 Å². The Kier molecular flexibility index (Phi) is 4.81. The first-order valence-electron chi connectivity index (χ1n) is 5.35. The van der Waals surface area contributed by atoms with E-state index >= 15 is 0 Å². The van der Waals surface area contributed by atoms with Gasteiger partial charge in [-0.25, -0.2) is 0 Å². The summed E-state index contributed by atoms with van der Waals surface area (Å²) in [7, 11) is 0. The normalized spacial score (nSPS) is 9.89. The van der Waals surface area contributed by atoms with Gasteiger partial charge in [0, 0.05) is 12.6 Å². The van der Waals surface area contributed by atoms with Crippen molar-refractivity contribution in [2.75, 3.05) is 6.54 Å². The second-order valence-corrected chi connectivity index (χ2v) is 3.75. The molecule has 0 atom stereocenters. The number of hydrogen-bond donors (Lipinski definition) is 3. The average Bonchev–Trinajstić information content (AvgIpc) is 2.30. The maximum atomic E-state index is 11.4. The molecule has 102 valence electrons. The van der Waals surface area contributed by atoms with E-state index in [4.69, 9.17) is 5.11 Å². The molecule has 1 amide bonds. The van der Waals surface area contributed by atoms with Crippen molar-refractivity contribution in [1.29, 1.82) is 0 Å². The van der Waals surface area contributed by atoms with E-state index in [1.165, 1.54) is 6.07 Å². The fourth-order valence-corrected chi connectivity index (χ4v) is 1.38. The number of aliphatic carboxylic acids is 1. The molecule has 8 nitrogen and oxygen atoms in total. The Balaban J connectivity index is 2.62. The summed E-state index contributed by atoms with van der Waals surface area (Å²) in [5, 5.41) is 30.6. The second kappa shape index (κ2) is 6.34. The molecule has 0 aromatic heterocycles. The van der Waals surface area contributed by atoms with Gasteiger partial charge >= 0.3 is 11.7 Å². The van der Waals surface area contributed by atoms with Gasteiger partial charge in [0.05, 0.1) is 17.8 Å². The first kappa shape index (κ1) is 14.4. The highest BCUT2D eigenvalue weighted by Crippen LogP contribution is 2.26. The van der Waals surface area contributed by atoms with Gasteiger partial charge in [0.15, 0.2) is 5.75 Å². The van der Waals surface area contributed by atoms with Crippen LogP contribution in [0.2, 0.25) is 0 Å². The number of carboxylic acid groups (broad SMARTS) is 1. The van der Waals surface area contributed by atoms with E-state index in [0.29, 0.717) is 5.56 Å². The predicted molar refractivity (Wildman–Crippen MR) is 63.7 cm³/mol. The molecule has 0 spiro atoms. The summed E-state index contributed by atoms with van der Waals surface area (Å²) < 4.78 is 0. The van der Waals surface area contributed by atoms with Crippen molar-refractivity contribution >= 4 is 17.6 Å². The molecule has 0 aliphatic rings. The topological polar surface area (TPSA) is 130 Å². The Morgan fingerprint density at radius 3 is 2.63 bits per heavy atom. The molecule has 1 rings (SSSR count). The van der Waals surface area contributed by atoms with Crippen molar-refractivity contribution in [3.05, 3.63) is 33.9 Å². The van der Waals surface area contributed by atoms with Gasteiger partial charge in [0.2, 0.25) is 5.91 Å². The molecule has 0 saturated heterocycles. The first-order chi connectivity index (χ1) is 8.90. The summed E-state index contributed by atoms with van der Waals surface area (Å²) in [6.07, 6.45) is -0.317. The molecule has 1 aromatic rings. The van der Waals surface area contributed by atoms with E-state index in [1.807, 2.05) is 0 Å². The highest BCUT2D eigenvalue weighted by Gasteiger charge is 2.14. The van der Waals surface area contributed by atoms with Gasteiger partial charge in [-0.15, -0.1) is 0 Å². The molecule has 8 heteroatoms. The summed E-state index contributed by atoms with van der Waals surface area (Å²) in [5.74, 6) is -1.94. The van der Waals surface area contributed by atoms with Gasteiger partial charge in [-0.1, -0.05) is 6.07 Å². The van der Waals surface area contributed by atoms with Crippen molar-refractivity contribution in [1.82, 2.24) is 5.32 Å². The highest BCUT2D eigenvalue weighted by molar-refractivity contribution is 5.79. The average molecular weight is 268 g/mol. The van der Waals surface area contributed by atoms with Crippen molar-refractivity contribution < 1.29 is 24.7 Å². The lowest BCUT2D eigenvalue weighted by molar-refractivity contribution is -0.385. The standard InChI is InChI=1S/C11H12N2O6/c14-9-2-1-7(5-8(9)13(18)19)6-10(15)12-4-3-11(16)17/h1-2,5,14H,3-4,6H2,(H,12,15)(H,16,17). The van der Waals surface area contributed by atoms with Gasteiger partial charge in [0.25, 0.3) is 0 Å². The predicted octanol–water partition coefficient (Wildman–Crippen LogP) is 0.434. The van der Waals surface area contributed by atoms with Crippen LogP contribution >= 0.6 is 0 Å². The van der Waals surface area contributed by atoms with Crippen LogP contribution in [0.4, 0.5) is 5.69 Å². The van der Waals surface area contributed by atoms with Crippen LogP contribution in [0.5, 0.6) is 5.75 Å². The van der Waals surface area contributed by atoms with E-state index in [9.17, 15) is 24.8 Å². The van der Waals surface area contributed by atoms with Crippen LogP contribution in [0.15, 0.2) is 18.2 Å². The zero-order valence-electron chi connectivity index (χ0n) is 9.83. The zero-order chi connectivity index (χ0) is 14.4. The van der Waals surface area contributed by atoms with E-state index in [0.717, 1.165) is 12.1 Å². The molecule has 0 fully saturated rings. The van der Waals surface area contributed by atoms with Crippen molar-refractivity contribution in [2.45, 2.75) is 12.8 Å². The minimum atomic E-state index is -1.03. The van der Waals surface area contributed by atoms with Crippen LogP contribution in [0, 0.1) is 10.1 Å². The first-order valence-corrected chi connectivity index (χ1v) is 5.35. The minimum Gasteiger partial charge on any atom is -0.502 e. The SMILES string of the molecule is O=C(O)CCNC(=O)Cc1ccc(O)c([N+](=O)[O-])c1. The molecular weight excluding hydrogens is 256 g/mol. The monoisotopic (exact) mass is 268 g/mol. The Morgan fingerprint density at radius 2 is 2.05 bits per heavy atom. The molecule has 19 heavy (non-hydrogen) atoms. The fraction of sp³-hybridized carbons (Fsp3) is 0.273. The number of carbonyl (C=O) groups excluding carboxylic acids is 1. The van der Waals surface area contributed by atoms with Crippen molar-refractivity contribution in [2.24, 2.45) is 0 Å². The molecule has 1 aromatic carbocycles. The third kappa shape index (κ3) is 4.62. The number of nitro groups is 1. The van der Waals surface area contributed by atoms with E-state index in [2.05, 4.69) is 5.32 Å². The summed E-state index contributed by atoms with van der Waals surface area (Å²) in [6, 6.07) is 3.63. The number of carbonyl (C=O) groups is 2. The van der Waals surface area contributed by atoms with Gasteiger partial charge in [-0.2, -0.15) is 0 Å². The van der Waals surface area contributed by atoms with Crippen molar-refractivity contribution in [3.8, 4) is 5.75 Å². The molecular formula is C11H12N2O6. The largest absolute Gasteiger partial charge is 0.502 e. The van der Waals surface area contributed by atoms with Crippen LogP contribution < -0.4 is 5.32 Å². The van der Waals surface area contributed by atoms with Gasteiger partial charge in [-0.05, 0) is 11.6 Å². The quantitative estimate of drug-likeness (QED) is 0.506. The Bertz CT molecular complexity index is 514. The molecule has 3 N–H and O–H groups in total. The molecule has 0 aliphatic heterocycles. The van der Waals surface area contributed by atoms with Gasteiger partial charge in [-0.3, -0.25) is 19.7 Å². The number of amides is 1. The van der Waals surface area contributed by atoms with Gasteiger partial charge in [0.1, 0.15) is 0 Å². The number of aromatic hydroxyl groups is 1. The molecule has 0 radical (unpaired) electrons. The van der Waals surface area contributed by atoms with E-state index in [-0.39, 0.29) is 19.4 Å². The lowest BCUT2D eigenvalue weighted by Crippen LogP contribution is -2.27. The molecule has 0 unspecified atom stereocenters. The number of hydrogen-bond acceptors (Lipinski definition) is 5. The van der Waals surface area contributed by atoms with Crippen LogP contribution in [0.3, 0.4) is 0 Å². The molecule has 0 bridgehead atoms. The van der Waals surface area contributed by atoms with E-state index < -0.39 is 28.2 Å². The van der Waals surface area contributed by atoms with Crippen LogP contribution in [0.25, 0.3) is 0 Å². The summed E-state index contributed by atoms with van der Waals surface area (Å²) in [6.45, 7) is -0.00561. The number of rotatable bonds is 6. The van der Waals surface area contributed by atoms with Gasteiger partial charge < -0.3 is 15.5 Å². The number of phenols is 1. The smallest absolute Gasteiger partial charge is 0.310 e. The summed E-state index contributed by atoms with van der Waals surface area (Å²) >= 11 is 0. The second-order valence-electron chi connectivity index (χ2n) is 3.75. The maximum absolute atomic E-state index is 11.4. The highest BCUT2D eigenvalue weighted by atomic mass is 16.6. The number of nitrogens with zero attached hydrogens (tertiary/aromatic N) is 1. The van der Waals surface area contributed by atoms with E-state index in [1.54, 1.807) is 0 Å². The Hall–Kier alpha value is -2.64. The van der Waals surface area contributed by atoms with Crippen molar-refractivity contribution in [3.63, 3.8) is 0 Å². The lowest BCUT2D eigenvalue weighted by atomic mass is 10.1. The minimum absolute atomic E-state index is 0.00561. The molecule has 0 aliphatic carbocycles. The lowest BCUT2D eigenvalue weighted by Gasteiger charge is -2.04. The third-order valence-corrected chi connectivity index (χ3v) is 2.26. The van der Waals surface area contributed by atoms with Crippen LogP contribution in [0.1, 0.15) is 12.0 Å².